The summed E-state index contributed by atoms with van der Waals surface area (Å²) in [6, 6.07) is 4.09. The summed E-state index contributed by atoms with van der Waals surface area (Å²) in [4.78, 5) is 13.5. The predicted octanol–water partition coefficient (Wildman–Crippen LogP) is 3.02. The van der Waals surface area contributed by atoms with Gasteiger partial charge in [0.1, 0.15) is 5.82 Å². The van der Waals surface area contributed by atoms with Crippen molar-refractivity contribution in [3.63, 3.8) is 0 Å². The molecule has 0 saturated heterocycles. The van der Waals surface area contributed by atoms with Crippen molar-refractivity contribution in [3.05, 3.63) is 29.3 Å². The van der Waals surface area contributed by atoms with Crippen molar-refractivity contribution in [2.24, 2.45) is 0 Å². The average Bonchev–Trinajstić information content (AvgIpc) is 2.26. The molecule has 2 aromatic rings. The second-order valence-electron chi connectivity index (χ2n) is 4.36. The van der Waals surface area contributed by atoms with E-state index in [9.17, 15) is 0 Å². The largest absolute Gasteiger partial charge is 0.237 e. The molecule has 2 heterocycles. The van der Waals surface area contributed by atoms with Gasteiger partial charge in [-0.25, -0.2) is 15.0 Å². The maximum absolute atomic E-state index is 4.60. The molecule has 0 N–H and O–H groups in total. The molecule has 0 aliphatic rings. The number of aromatic nitrogens is 3. The van der Waals surface area contributed by atoms with E-state index in [2.05, 4.69) is 41.8 Å². The topological polar surface area (TPSA) is 38.7 Å². The van der Waals surface area contributed by atoms with Crippen LogP contribution >= 0.6 is 0 Å². The fraction of sp³-hybridized carbons (Fsp3) is 0.462. The Bertz CT molecular complexity index is 518. The lowest BCUT2D eigenvalue weighted by atomic mass is 10.1. The summed E-state index contributed by atoms with van der Waals surface area (Å²) < 4.78 is 0. The number of hydrogen-bond acceptors (Lipinski definition) is 3. The van der Waals surface area contributed by atoms with E-state index in [0.717, 1.165) is 34.7 Å². The monoisotopic (exact) mass is 215 g/mol. The third kappa shape index (κ3) is 1.90. The van der Waals surface area contributed by atoms with Gasteiger partial charge in [-0.3, -0.25) is 0 Å². The molecular formula is C13H17N3. The zero-order chi connectivity index (χ0) is 11.7. The summed E-state index contributed by atoms with van der Waals surface area (Å²) in [7, 11) is 0. The highest BCUT2D eigenvalue weighted by Gasteiger charge is 2.10. The maximum atomic E-state index is 4.60. The van der Waals surface area contributed by atoms with Crippen molar-refractivity contribution < 1.29 is 0 Å². The first-order valence-electron chi connectivity index (χ1n) is 5.76. The molecule has 0 radical (unpaired) electrons. The summed E-state index contributed by atoms with van der Waals surface area (Å²) in [6.07, 6.45) is 0.852. The maximum Gasteiger partial charge on any atom is 0.163 e. The molecule has 0 amide bonds. The van der Waals surface area contributed by atoms with Crippen LogP contribution in [0.5, 0.6) is 0 Å². The minimum atomic E-state index is 0.403. The van der Waals surface area contributed by atoms with Crippen LogP contribution in [0.3, 0.4) is 0 Å². The van der Waals surface area contributed by atoms with Gasteiger partial charge in [0.2, 0.25) is 0 Å². The number of pyridine rings is 1. The van der Waals surface area contributed by atoms with Gasteiger partial charge in [0.05, 0.1) is 5.69 Å². The molecule has 0 aliphatic carbocycles. The van der Waals surface area contributed by atoms with E-state index < -0.39 is 0 Å². The molecular weight excluding hydrogens is 198 g/mol. The third-order valence-electron chi connectivity index (χ3n) is 2.64. The van der Waals surface area contributed by atoms with Crippen LogP contribution in [-0.2, 0) is 6.42 Å². The van der Waals surface area contributed by atoms with Crippen molar-refractivity contribution in [1.29, 1.82) is 0 Å². The molecule has 3 heteroatoms. The van der Waals surface area contributed by atoms with Crippen LogP contribution < -0.4 is 0 Å². The van der Waals surface area contributed by atoms with Crippen molar-refractivity contribution in [1.82, 2.24) is 15.0 Å². The second-order valence-corrected chi connectivity index (χ2v) is 4.36. The van der Waals surface area contributed by atoms with Crippen LogP contribution in [0.15, 0.2) is 12.1 Å². The average molecular weight is 215 g/mol. The number of aryl methyl sites for hydroxylation is 2. The Labute approximate surface area is 96.0 Å². The second kappa shape index (κ2) is 4.16. The number of hydrogen-bond donors (Lipinski definition) is 0. The van der Waals surface area contributed by atoms with Gasteiger partial charge < -0.3 is 0 Å². The van der Waals surface area contributed by atoms with Crippen molar-refractivity contribution in [3.8, 4) is 0 Å². The Morgan fingerprint density at radius 2 is 1.88 bits per heavy atom. The van der Waals surface area contributed by atoms with Crippen molar-refractivity contribution in [2.45, 2.75) is 40.0 Å². The normalized spacial score (nSPS) is 11.3. The standard InChI is InChI=1S/C13H17N3/c1-5-11-15-12(8(2)3)10-7-6-9(4)14-13(10)16-11/h6-8H,5H2,1-4H3. The van der Waals surface area contributed by atoms with E-state index in [0.29, 0.717) is 5.92 Å². The molecule has 0 aliphatic heterocycles. The summed E-state index contributed by atoms with van der Waals surface area (Å²) in [5.74, 6) is 1.29. The van der Waals surface area contributed by atoms with Gasteiger partial charge in [0, 0.05) is 17.5 Å². The van der Waals surface area contributed by atoms with Crippen LogP contribution in [0, 0.1) is 6.92 Å². The predicted molar refractivity (Wildman–Crippen MR) is 65.5 cm³/mol. The van der Waals surface area contributed by atoms with Gasteiger partial charge in [-0.15, -0.1) is 0 Å². The van der Waals surface area contributed by atoms with Gasteiger partial charge in [0.25, 0.3) is 0 Å². The summed E-state index contributed by atoms with van der Waals surface area (Å²) in [5, 5.41) is 1.08. The van der Waals surface area contributed by atoms with Crippen LogP contribution in [0.1, 0.15) is 43.9 Å². The number of nitrogens with zero attached hydrogens (tertiary/aromatic N) is 3. The lowest BCUT2D eigenvalue weighted by molar-refractivity contribution is 0.801. The lowest BCUT2D eigenvalue weighted by Crippen LogP contribution is -2.03. The Balaban J connectivity index is 2.76. The van der Waals surface area contributed by atoms with Crippen LogP contribution in [0.2, 0.25) is 0 Å². The molecule has 3 nitrogen and oxygen atoms in total. The van der Waals surface area contributed by atoms with Gasteiger partial charge in [-0.2, -0.15) is 0 Å². The fourth-order valence-corrected chi connectivity index (χ4v) is 1.77. The van der Waals surface area contributed by atoms with Crippen LogP contribution in [-0.4, -0.2) is 15.0 Å². The molecule has 0 bridgehead atoms. The highest BCUT2D eigenvalue weighted by atomic mass is 14.9. The van der Waals surface area contributed by atoms with Gasteiger partial charge in [0.15, 0.2) is 5.65 Å². The van der Waals surface area contributed by atoms with Crippen LogP contribution in [0.4, 0.5) is 0 Å². The third-order valence-corrected chi connectivity index (χ3v) is 2.64. The molecule has 0 fully saturated rings. The Kier molecular flexibility index (Phi) is 2.86. The first-order valence-corrected chi connectivity index (χ1v) is 5.76. The Morgan fingerprint density at radius 3 is 2.50 bits per heavy atom. The Morgan fingerprint density at radius 1 is 1.12 bits per heavy atom. The van der Waals surface area contributed by atoms with E-state index in [-0.39, 0.29) is 0 Å². The zero-order valence-corrected chi connectivity index (χ0v) is 10.3. The Hall–Kier alpha value is -1.51. The van der Waals surface area contributed by atoms with Crippen molar-refractivity contribution >= 4 is 11.0 Å². The van der Waals surface area contributed by atoms with E-state index in [4.69, 9.17) is 0 Å². The van der Waals surface area contributed by atoms with Gasteiger partial charge in [-0.05, 0) is 25.0 Å². The van der Waals surface area contributed by atoms with E-state index in [1.165, 1.54) is 0 Å². The molecule has 0 aromatic carbocycles. The summed E-state index contributed by atoms with van der Waals surface area (Å²) in [6.45, 7) is 8.37. The molecule has 0 unspecified atom stereocenters. The number of fused-ring (bicyclic) bond motifs is 1. The zero-order valence-electron chi connectivity index (χ0n) is 10.3. The molecule has 0 spiro atoms. The summed E-state index contributed by atoms with van der Waals surface area (Å²) >= 11 is 0. The molecule has 2 aromatic heterocycles. The molecule has 2 rings (SSSR count). The fourth-order valence-electron chi connectivity index (χ4n) is 1.77. The minimum Gasteiger partial charge on any atom is -0.237 e. The van der Waals surface area contributed by atoms with E-state index in [1.54, 1.807) is 0 Å². The lowest BCUT2D eigenvalue weighted by Gasteiger charge is -2.10. The van der Waals surface area contributed by atoms with Crippen LogP contribution in [0.25, 0.3) is 11.0 Å². The highest BCUT2D eigenvalue weighted by Crippen LogP contribution is 2.21. The quantitative estimate of drug-likeness (QED) is 0.773. The first kappa shape index (κ1) is 11.0. The SMILES string of the molecule is CCc1nc(C(C)C)c2ccc(C)nc2n1. The molecule has 0 atom stereocenters. The highest BCUT2D eigenvalue weighted by molar-refractivity contribution is 5.77. The molecule has 0 saturated carbocycles. The van der Waals surface area contributed by atoms with Gasteiger partial charge in [-0.1, -0.05) is 20.8 Å². The summed E-state index contributed by atoms with van der Waals surface area (Å²) in [5.41, 5.74) is 2.94. The van der Waals surface area contributed by atoms with E-state index >= 15 is 0 Å². The first-order chi connectivity index (χ1) is 7.61. The molecule has 84 valence electrons. The van der Waals surface area contributed by atoms with E-state index in [1.807, 2.05) is 13.0 Å². The van der Waals surface area contributed by atoms with Crippen molar-refractivity contribution in [2.75, 3.05) is 0 Å². The van der Waals surface area contributed by atoms with Gasteiger partial charge >= 0.3 is 0 Å². The number of rotatable bonds is 2. The molecule has 16 heavy (non-hydrogen) atoms. The smallest absolute Gasteiger partial charge is 0.163 e. The minimum absolute atomic E-state index is 0.403.